The van der Waals surface area contributed by atoms with E-state index in [1.807, 2.05) is 0 Å². The molecule has 0 spiro atoms. The van der Waals surface area contributed by atoms with Crippen LogP contribution in [0.1, 0.15) is 57.6 Å². The molecule has 1 N–H and O–H groups in total. The molecule has 0 radical (unpaired) electrons. The van der Waals surface area contributed by atoms with Gasteiger partial charge in [0.1, 0.15) is 24.1 Å². The van der Waals surface area contributed by atoms with E-state index in [1.165, 1.54) is 19.3 Å². The van der Waals surface area contributed by atoms with Crippen molar-refractivity contribution in [1.29, 1.82) is 0 Å². The molecule has 0 bridgehead atoms. The molecule has 1 saturated carbocycles. The topological polar surface area (TPSA) is 76.1 Å². The Morgan fingerprint density at radius 2 is 1.89 bits per heavy atom. The summed E-state index contributed by atoms with van der Waals surface area (Å²) in [6, 6.07) is 2.49. The number of nitrogens with zero attached hydrogens (tertiary/aromatic N) is 5. The van der Waals surface area contributed by atoms with Crippen molar-refractivity contribution in [1.82, 2.24) is 19.9 Å². The molecule has 0 aromatic carbocycles. The molecule has 4 rings (SSSR count). The molecule has 150 valence electrons. The summed E-state index contributed by atoms with van der Waals surface area (Å²) in [4.78, 5) is 20.0. The fourth-order valence-electron chi connectivity index (χ4n) is 4.04. The van der Waals surface area contributed by atoms with Crippen LogP contribution in [0.25, 0.3) is 0 Å². The summed E-state index contributed by atoms with van der Waals surface area (Å²) < 4.78 is 6.05. The Balaban J connectivity index is 1.30. The first-order chi connectivity index (χ1) is 13.8. The molecule has 0 atom stereocenters. The zero-order valence-electron chi connectivity index (χ0n) is 16.7. The van der Waals surface area contributed by atoms with Crippen molar-refractivity contribution in [3.05, 3.63) is 30.5 Å². The summed E-state index contributed by atoms with van der Waals surface area (Å²) in [5, 5.41) is 3.54. The number of aryl methyl sites for hydroxylation is 1. The lowest BCUT2D eigenvalue weighted by Gasteiger charge is -2.33. The number of hydrogen-bond donors (Lipinski definition) is 1. The van der Waals surface area contributed by atoms with Crippen LogP contribution in [0.2, 0.25) is 0 Å². The number of piperidine rings is 1. The zero-order valence-corrected chi connectivity index (χ0v) is 16.7. The van der Waals surface area contributed by atoms with Gasteiger partial charge >= 0.3 is 0 Å². The van der Waals surface area contributed by atoms with Gasteiger partial charge in [-0.05, 0) is 44.9 Å². The molecule has 1 aliphatic carbocycles. The number of rotatable bonds is 6. The molecule has 0 amide bonds. The van der Waals surface area contributed by atoms with E-state index < -0.39 is 0 Å². The van der Waals surface area contributed by atoms with Gasteiger partial charge in [-0.2, -0.15) is 4.98 Å². The van der Waals surface area contributed by atoms with Gasteiger partial charge in [0.25, 0.3) is 0 Å². The highest BCUT2D eigenvalue weighted by atomic mass is 16.5. The summed E-state index contributed by atoms with van der Waals surface area (Å²) in [5.41, 5.74) is 1.09. The molecular weight excluding hydrogens is 352 g/mol. The summed E-state index contributed by atoms with van der Waals surface area (Å²) in [6.07, 6.45) is 14.6. The van der Waals surface area contributed by atoms with Gasteiger partial charge in [0.15, 0.2) is 0 Å². The molecule has 3 heterocycles. The lowest BCUT2D eigenvalue weighted by Crippen LogP contribution is -2.39. The second kappa shape index (κ2) is 9.17. The Labute approximate surface area is 167 Å². The number of ether oxygens (including phenoxy) is 1. The molecule has 0 unspecified atom stereocenters. The number of hydrogen-bond acceptors (Lipinski definition) is 7. The van der Waals surface area contributed by atoms with Gasteiger partial charge in [0.05, 0.1) is 12.4 Å². The summed E-state index contributed by atoms with van der Waals surface area (Å²) in [5.74, 6) is 2.48. The summed E-state index contributed by atoms with van der Waals surface area (Å²) >= 11 is 0. The van der Waals surface area contributed by atoms with E-state index in [0.29, 0.717) is 18.0 Å². The lowest BCUT2D eigenvalue weighted by atomic mass is 9.98. The Morgan fingerprint density at radius 3 is 2.68 bits per heavy atom. The molecular formula is C21H30N6O. The smallest absolute Gasteiger partial charge is 0.234 e. The molecule has 28 heavy (non-hydrogen) atoms. The van der Waals surface area contributed by atoms with Crippen molar-refractivity contribution >= 4 is 11.6 Å². The standard InChI is InChI=1S/C21H30N6O/c1-2-16-12-20(24-15-23-16)27-10-8-17(9-11-27)25-19-13-22-14-21(26-19)28-18-6-4-3-5-7-18/h12-15,17-18H,2-11H2,1H3,(H,25,26). The van der Waals surface area contributed by atoms with Crippen molar-refractivity contribution in [3.63, 3.8) is 0 Å². The third-order valence-electron chi connectivity index (χ3n) is 5.69. The van der Waals surface area contributed by atoms with Crippen LogP contribution in [-0.2, 0) is 6.42 Å². The van der Waals surface area contributed by atoms with Crippen LogP contribution in [0.4, 0.5) is 11.6 Å². The van der Waals surface area contributed by atoms with E-state index in [4.69, 9.17) is 4.74 Å². The third kappa shape index (κ3) is 4.88. The Hall–Kier alpha value is -2.44. The van der Waals surface area contributed by atoms with Crippen LogP contribution in [-0.4, -0.2) is 45.2 Å². The van der Waals surface area contributed by atoms with Crippen LogP contribution in [0, 0.1) is 0 Å². The fourth-order valence-corrected chi connectivity index (χ4v) is 4.04. The maximum Gasteiger partial charge on any atom is 0.234 e. The minimum atomic E-state index is 0.294. The molecule has 2 aliphatic rings. The summed E-state index contributed by atoms with van der Waals surface area (Å²) in [6.45, 7) is 4.07. The quantitative estimate of drug-likeness (QED) is 0.817. The Bertz CT molecular complexity index is 756. The van der Waals surface area contributed by atoms with Gasteiger partial charge in [-0.1, -0.05) is 13.3 Å². The van der Waals surface area contributed by atoms with E-state index >= 15 is 0 Å². The minimum absolute atomic E-state index is 0.294. The second-order valence-electron chi connectivity index (χ2n) is 7.75. The molecule has 2 fully saturated rings. The van der Waals surface area contributed by atoms with E-state index in [2.05, 4.69) is 43.1 Å². The number of anilines is 2. The predicted molar refractivity (Wildman–Crippen MR) is 110 cm³/mol. The SMILES string of the molecule is CCc1cc(N2CCC(Nc3cncc(OC4CCCCC4)n3)CC2)ncn1. The number of nitrogens with one attached hydrogen (secondary N) is 1. The number of aromatic nitrogens is 4. The van der Waals surface area contributed by atoms with Crippen molar-refractivity contribution in [2.24, 2.45) is 0 Å². The lowest BCUT2D eigenvalue weighted by molar-refractivity contribution is 0.148. The Morgan fingerprint density at radius 1 is 1.07 bits per heavy atom. The van der Waals surface area contributed by atoms with Crippen molar-refractivity contribution < 1.29 is 4.74 Å². The highest BCUT2D eigenvalue weighted by Crippen LogP contribution is 2.24. The van der Waals surface area contributed by atoms with Gasteiger partial charge in [-0.15, -0.1) is 0 Å². The minimum Gasteiger partial charge on any atom is -0.473 e. The van der Waals surface area contributed by atoms with Gasteiger partial charge in [-0.3, -0.25) is 4.98 Å². The molecule has 2 aromatic heterocycles. The van der Waals surface area contributed by atoms with Crippen molar-refractivity contribution in [3.8, 4) is 5.88 Å². The van der Waals surface area contributed by atoms with Gasteiger partial charge in [0.2, 0.25) is 5.88 Å². The predicted octanol–water partition coefficient (Wildman–Crippen LogP) is 3.62. The van der Waals surface area contributed by atoms with Crippen LogP contribution in [0.3, 0.4) is 0 Å². The third-order valence-corrected chi connectivity index (χ3v) is 5.69. The maximum absolute atomic E-state index is 6.05. The first kappa shape index (κ1) is 18.9. The largest absolute Gasteiger partial charge is 0.473 e. The normalized spacial score (nSPS) is 18.8. The average Bonchev–Trinajstić information content (AvgIpc) is 2.75. The van der Waals surface area contributed by atoms with Crippen LogP contribution >= 0.6 is 0 Å². The first-order valence-electron chi connectivity index (χ1n) is 10.6. The Kier molecular flexibility index (Phi) is 6.19. The van der Waals surface area contributed by atoms with Gasteiger partial charge in [-0.25, -0.2) is 9.97 Å². The average molecular weight is 383 g/mol. The monoisotopic (exact) mass is 382 g/mol. The molecule has 1 aliphatic heterocycles. The highest BCUT2D eigenvalue weighted by molar-refractivity contribution is 5.41. The maximum atomic E-state index is 6.05. The van der Waals surface area contributed by atoms with E-state index in [0.717, 1.165) is 62.5 Å². The van der Waals surface area contributed by atoms with Crippen molar-refractivity contribution in [2.75, 3.05) is 23.3 Å². The second-order valence-corrected chi connectivity index (χ2v) is 7.75. The van der Waals surface area contributed by atoms with Crippen LogP contribution in [0.15, 0.2) is 24.8 Å². The van der Waals surface area contributed by atoms with Crippen LogP contribution in [0.5, 0.6) is 5.88 Å². The summed E-state index contributed by atoms with van der Waals surface area (Å²) in [7, 11) is 0. The zero-order chi connectivity index (χ0) is 19.2. The van der Waals surface area contributed by atoms with Gasteiger partial charge < -0.3 is 15.0 Å². The fraction of sp³-hybridized carbons (Fsp3) is 0.619. The van der Waals surface area contributed by atoms with E-state index in [9.17, 15) is 0 Å². The van der Waals surface area contributed by atoms with Crippen LogP contribution < -0.4 is 15.0 Å². The first-order valence-corrected chi connectivity index (χ1v) is 10.6. The highest BCUT2D eigenvalue weighted by Gasteiger charge is 2.21. The molecule has 7 nitrogen and oxygen atoms in total. The van der Waals surface area contributed by atoms with E-state index in [-0.39, 0.29) is 0 Å². The van der Waals surface area contributed by atoms with Gasteiger partial charge in [0, 0.05) is 30.9 Å². The molecule has 1 saturated heterocycles. The molecule has 7 heteroatoms. The molecule has 2 aromatic rings. The van der Waals surface area contributed by atoms with Crippen molar-refractivity contribution in [2.45, 2.75) is 70.4 Å². The van der Waals surface area contributed by atoms with E-state index in [1.54, 1.807) is 18.7 Å².